The van der Waals surface area contributed by atoms with E-state index in [-0.39, 0.29) is 23.2 Å². The van der Waals surface area contributed by atoms with E-state index in [9.17, 15) is 9.59 Å². The number of aromatic nitrogens is 3. The van der Waals surface area contributed by atoms with E-state index < -0.39 is 5.91 Å². The number of carbonyl (C=O) groups is 2. The molecule has 2 N–H and O–H groups in total. The molecular weight excluding hydrogens is 370 g/mol. The highest BCUT2D eigenvalue weighted by atomic mass is 16.5. The van der Waals surface area contributed by atoms with Gasteiger partial charge in [-0.05, 0) is 31.5 Å². The van der Waals surface area contributed by atoms with Crippen LogP contribution in [0.2, 0.25) is 0 Å². The predicted octanol–water partition coefficient (Wildman–Crippen LogP) is 3.12. The molecule has 0 spiro atoms. The molecule has 8 nitrogen and oxygen atoms in total. The molecule has 0 saturated carbocycles. The maximum atomic E-state index is 12.8. The van der Waals surface area contributed by atoms with Gasteiger partial charge in [-0.3, -0.25) is 14.0 Å². The van der Waals surface area contributed by atoms with Gasteiger partial charge < -0.3 is 15.2 Å². The molecule has 4 rings (SSSR count). The molecule has 146 valence electrons. The Morgan fingerprint density at radius 1 is 1.07 bits per heavy atom. The summed E-state index contributed by atoms with van der Waals surface area (Å²) in [6.07, 6.45) is 1.68. The van der Waals surface area contributed by atoms with E-state index in [1.165, 1.54) is 0 Å². The number of pyridine rings is 1. The van der Waals surface area contributed by atoms with E-state index >= 15 is 0 Å². The molecule has 0 fully saturated rings. The molecule has 0 aliphatic carbocycles. The Labute approximate surface area is 166 Å². The van der Waals surface area contributed by atoms with Crippen molar-refractivity contribution >= 4 is 23.1 Å². The van der Waals surface area contributed by atoms with Crippen molar-refractivity contribution in [1.82, 2.24) is 19.9 Å². The fourth-order valence-electron chi connectivity index (χ4n) is 3.05. The molecule has 0 radical (unpaired) electrons. The number of benzene rings is 1. The molecule has 3 heterocycles. The third-order valence-electron chi connectivity index (χ3n) is 4.37. The summed E-state index contributed by atoms with van der Waals surface area (Å²) < 4.78 is 6.53. The van der Waals surface area contributed by atoms with Crippen LogP contribution < -0.4 is 10.6 Å². The molecule has 0 bridgehead atoms. The standard InChI is InChI=1S/C21H19N5O3/c1-13-6-5-7-15(10-13)12-22-20(27)18-16-8-3-4-9-26(16)19(24-18)21(28)23-17-11-14(2)29-25-17/h3-11H,12H2,1-2H3,(H,22,27)(H,23,25,28). The summed E-state index contributed by atoms with van der Waals surface area (Å²) in [7, 11) is 0. The van der Waals surface area contributed by atoms with Crippen LogP contribution in [0.1, 0.15) is 38.0 Å². The second kappa shape index (κ2) is 7.59. The van der Waals surface area contributed by atoms with Crippen LogP contribution in [0.4, 0.5) is 5.82 Å². The summed E-state index contributed by atoms with van der Waals surface area (Å²) in [5.41, 5.74) is 2.82. The molecule has 1 aromatic carbocycles. The van der Waals surface area contributed by atoms with Crippen molar-refractivity contribution < 1.29 is 14.1 Å². The maximum absolute atomic E-state index is 12.8. The third-order valence-corrected chi connectivity index (χ3v) is 4.37. The maximum Gasteiger partial charge on any atom is 0.293 e. The minimum Gasteiger partial charge on any atom is -0.360 e. The lowest BCUT2D eigenvalue weighted by Gasteiger charge is -2.05. The second-order valence-corrected chi connectivity index (χ2v) is 6.69. The van der Waals surface area contributed by atoms with Gasteiger partial charge in [0, 0.05) is 18.8 Å². The Morgan fingerprint density at radius 2 is 1.93 bits per heavy atom. The number of aryl methyl sites for hydroxylation is 2. The zero-order chi connectivity index (χ0) is 20.4. The Balaban J connectivity index is 1.59. The summed E-state index contributed by atoms with van der Waals surface area (Å²) in [5, 5.41) is 9.24. The molecule has 4 aromatic rings. The monoisotopic (exact) mass is 389 g/mol. The normalized spacial score (nSPS) is 10.8. The van der Waals surface area contributed by atoms with Gasteiger partial charge in [-0.15, -0.1) is 0 Å². The van der Waals surface area contributed by atoms with Gasteiger partial charge >= 0.3 is 0 Å². The highest BCUT2D eigenvalue weighted by Gasteiger charge is 2.22. The SMILES string of the molecule is Cc1cccc(CNC(=O)c2nc(C(=O)Nc3cc(C)on3)n3ccccc23)c1. The lowest BCUT2D eigenvalue weighted by atomic mass is 10.1. The van der Waals surface area contributed by atoms with Gasteiger partial charge in [-0.25, -0.2) is 4.98 Å². The fraction of sp³-hybridized carbons (Fsp3) is 0.143. The summed E-state index contributed by atoms with van der Waals surface area (Å²) in [6, 6.07) is 14.8. The quantitative estimate of drug-likeness (QED) is 0.546. The molecule has 0 aliphatic rings. The van der Waals surface area contributed by atoms with Gasteiger partial charge in [0.25, 0.3) is 11.8 Å². The van der Waals surface area contributed by atoms with Crippen molar-refractivity contribution in [2.24, 2.45) is 0 Å². The van der Waals surface area contributed by atoms with Crippen molar-refractivity contribution in [2.75, 3.05) is 5.32 Å². The number of imidazole rings is 1. The van der Waals surface area contributed by atoms with E-state index in [1.807, 2.05) is 31.2 Å². The lowest BCUT2D eigenvalue weighted by molar-refractivity contribution is 0.0948. The van der Waals surface area contributed by atoms with E-state index in [0.717, 1.165) is 11.1 Å². The summed E-state index contributed by atoms with van der Waals surface area (Å²) in [5.74, 6) is 0.0980. The molecule has 29 heavy (non-hydrogen) atoms. The molecule has 0 saturated heterocycles. The number of hydrogen-bond acceptors (Lipinski definition) is 5. The van der Waals surface area contributed by atoms with Crippen molar-refractivity contribution in [1.29, 1.82) is 0 Å². The minimum absolute atomic E-state index is 0.0851. The molecule has 0 atom stereocenters. The Morgan fingerprint density at radius 3 is 2.69 bits per heavy atom. The second-order valence-electron chi connectivity index (χ2n) is 6.69. The Kier molecular flexibility index (Phi) is 4.82. The zero-order valence-electron chi connectivity index (χ0n) is 16.0. The van der Waals surface area contributed by atoms with Crippen LogP contribution in [0, 0.1) is 13.8 Å². The largest absolute Gasteiger partial charge is 0.360 e. The number of rotatable bonds is 5. The topological polar surface area (TPSA) is 102 Å². The van der Waals surface area contributed by atoms with Crippen LogP contribution in [0.25, 0.3) is 5.52 Å². The molecule has 8 heteroatoms. The first-order valence-electron chi connectivity index (χ1n) is 9.07. The number of amides is 2. The summed E-state index contributed by atoms with van der Waals surface area (Å²) >= 11 is 0. The molecular formula is C21H19N5O3. The van der Waals surface area contributed by atoms with Gasteiger partial charge in [0.2, 0.25) is 5.82 Å². The predicted molar refractivity (Wildman–Crippen MR) is 107 cm³/mol. The summed E-state index contributed by atoms with van der Waals surface area (Å²) in [6.45, 7) is 4.09. The minimum atomic E-state index is -0.489. The van der Waals surface area contributed by atoms with Crippen LogP contribution in [-0.4, -0.2) is 26.4 Å². The first kappa shape index (κ1) is 18.4. The molecule has 3 aromatic heterocycles. The Hall–Kier alpha value is -3.94. The van der Waals surface area contributed by atoms with Crippen LogP contribution in [0.15, 0.2) is 59.3 Å². The van der Waals surface area contributed by atoms with Crippen LogP contribution in [-0.2, 0) is 6.54 Å². The fourth-order valence-corrected chi connectivity index (χ4v) is 3.05. The van der Waals surface area contributed by atoms with E-state index in [4.69, 9.17) is 4.52 Å². The van der Waals surface area contributed by atoms with E-state index in [0.29, 0.717) is 17.8 Å². The third kappa shape index (κ3) is 3.86. The molecule has 0 unspecified atom stereocenters. The average Bonchev–Trinajstić information content (AvgIpc) is 3.30. The van der Waals surface area contributed by atoms with Crippen LogP contribution in [0.3, 0.4) is 0 Å². The van der Waals surface area contributed by atoms with Gasteiger partial charge in [-0.1, -0.05) is 41.1 Å². The Bertz CT molecular complexity index is 1210. The number of carbonyl (C=O) groups excluding carboxylic acids is 2. The first-order chi connectivity index (χ1) is 14.0. The van der Waals surface area contributed by atoms with Gasteiger partial charge in [0.1, 0.15) is 5.76 Å². The van der Waals surface area contributed by atoms with E-state index in [2.05, 4.69) is 20.8 Å². The van der Waals surface area contributed by atoms with Gasteiger partial charge in [-0.2, -0.15) is 0 Å². The average molecular weight is 389 g/mol. The number of hydrogen-bond donors (Lipinski definition) is 2. The van der Waals surface area contributed by atoms with Gasteiger partial charge in [0.15, 0.2) is 11.5 Å². The van der Waals surface area contributed by atoms with Gasteiger partial charge in [0.05, 0.1) is 5.52 Å². The lowest BCUT2D eigenvalue weighted by Crippen LogP contribution is -2.23. The molecule has 2 amide bonds. The highest BCUT2D eigenvalue weighted by molar-refractivity contribution is 6.05. The van der Waals surface area contributed by atoms with Crippen LogP contribution >= 0.6 is 0 Å². The van der Waals surface area contributed by atoms with Crippen LogP contribution in [0.5, 0.6) is 0 Å². The van der Waals surface area contributed by atoms with Crippen molar-refractivity contribution in [3.8, 4) is 0 Å². The number of nitrogens with one attached hydrogen (secondary N) is 2. The van der Waals surface area contributed by atoms with E-state index in [1.54, 1.807) is 41.8 Å². The summed E-state index contributed by atoms with van der Waals surface area (Å²) in [4.78, 5) is 29.8. The molecule has 0 aliphatic heterocycles. The number of fused-ring (bicyclic) bond motifs is 1. The number of nitrogens with zero attached hydrogens (tertiary/aromatic N) is 3. The zero-order valence-corrected chi connectivity index (χ0v) is 16.0. The van der Waals surface area contributed by atoms with Crippen molar-refractivity contribution in [3.05, 3.63) is 83.1 Å². The van der Waals surface area contributed by atoms with Crippen molar-refractivity contribution in [3.63, 3.8) is 0 Å². The van der Waals surface area contributed by atoms with Crippen molar-refractivity contribution in [2.45, 2.75) is 20.4 Å². The smallest absolute Gasteiger partial charge is 0.293 e. The number of anilines is 1. The first-order valence-corrected chi connectivity index (χ1v) is 9.07. The highest BCUT2D eigenvalue weighted by Crippen LogP contribution is 2.16.